The topological polar surface area (TPSA) is 0 Å². The van der Waals surface area contributed by atoms with Crippen LogP contribution in [0.1, 0.15) is 78.6 Å². The summed E-state index contributed by atoms with van der Waals surface area (Å²) in [7, 11) is 0. The normalized spacial score (nSPS) is 64.4. The van der Waals surface area contributed by atoms with Gasteiger partial charge in [0.1, 0.15) is 0 Å². The van der Waals surface area contributed by atoms with Crippen LogP contribution in [0.3, 0.4) is 0 Å². The average molecular weight is 287 g/mol. The zero-order valence-electron chi connectivity index (χ0n) is 14.4. The van der Waals surface area contributed by atoms with E-state index in [0.29, 0.717) is 5.41 Å². The summed E-state index contributed by atoms with van der Waals surface area (Å²) in [4.78, 5) is 0. The molecule has 6 rings (SSSR count). The number of hydrogen-bond donors (Lipinski definition) is 0. The van der Waals surface area contributed by atoms with Gasteiger partial charge in [0, 0.05) is 0 Å². The summed E-state index contributed by atoms with van der Waals surface area (Å²) in [6.45, 7) is 7.98. The quantitative estimate of drug-likeness (QED) is 0.562. The molecule has 0 heteroatoms. The Balaban J connectivity index is 1.77. The Morgan fingerprint density at radius 2 is 1.76 bits per heavy atom. The summed E-state index contributed by atoms with van der Waals surface area (Å²) in [5.74, 6) is 7.61. The maximum absolute atomic E-state index is 2.76. The van der Waals surface area contributed by atoms with Crippen LogP contribution >= 0.6 is 0 Å². The van der Waals surface area contributed by atoms with E-state index in [0.717, 1.165) is 46.8 Å². The molecule has 0 amide bonds. The molecule has 9 unspecified atom stereocenters. The first-order valence-electron chi connectivity index (χ1n) is 10.1. The van der Waals surface area contributed by atoms with Gasteiger partial charge in [0.15, 0.2) is 0 Å². The molecule has 0 radical (unpaired) electrons. The smallest absolute Gasteiger partial charge is 0.0235 e. The Kier molecular flexibility index (Phi) is 2.62. The third-order valence-electron chi connectivity index (χ3n) is 10.1. The van der Waals surface area contributed by atoms with Crippen LogP contribution in [0.15, 0.2) is 0 Å². The van der Waals surface area contributed by atoms with E-state index >= 15 is 0 Å². The van der Waals surface area contributed by atoms with Crippen molar-refractivity contribution < 1.29 is 0 Å². The van der Waals surface area contributed by atoms with Crippen LogP contribution in [0.2, 0.25) is 0 Å². The van der Waals surface area contributed by atoms with Gasteiger partial charge in [0.2, 0.25) is 0 Å². The number of hydrogen-bond acceptors (Lipinski definition) is 0. The Bertz CT molecular complexity index is 451. The van der Waals surface area contributed by atoms with E-state index in [1.807, 2.05) is 0 Å². The fourth-order valence-electron chi connectivity index (χ4n) is 9.35. The Labute approximate surface area is 131 Å². The van der Waals surface area contributed by atoms with E-state index in [9.17, 15) is 0 Å². The van der Waals surface area contributed by atoms with Crippen LogP contribution in [0.4, 0.5) is 0 Å². The monoisotopic (exact) mass is 286 g/mol. The van der Waals surface area contributed by atoms with Gasteiger partial charge in [0.05, 0.1) is 0 Å². The van der Waals surface area contributed by atoms with Crippen molar-refractivity contribution in [2.45, 2.75) is 78.6 Å². The first kappa shape index (κ1) is 13.4. The standard InChI is InChI=1S/C21H34/c1-4-21-12-15-7-5-6-14-10-13(2)20(3)16(8-9-17(14)21)11-18(21)19(15)20/h13-19H,4-12H2,1-3H3. The largest absolute Gasteiger partial charge is 0.0648 e. The van der Waals surface area contributed by atoms with Gasteiger partial charge in [-0.2, -0.15) is 0 Å². The molecule has 21 heavy (non-hydrogen) atoms. The third-order valence-corrected chi connectivity index (χ3v) is 10.1. The molecule has 0 saturated heterocycles. The Hall–Kier alpha value is 0. The molecule has 0 spiro atoms. The molecule has 0 N–H and O–H groups in total. The SMILES string of the molecule is CCC12CC3CCCC4CC(C)C5(C)C(CCC41)CC2C35. The van der Waals surface area contributed by atoms with Gasteiger partial charge in [0.25, 0.3) is 0 Å². The summed E-state index contributed by atoms with van der Waals surface area (Å²) >= 11 is 0. The highest BCUT2D eigenvalue weighted by molar-refractivity contribution is 5.19. The van der Waals surface area contributed by atoms with Crippen molar-refractivity contribution in [3.8, 4) is 0 Å². The lowest BCUT2D eigenvalue weighted by Crippen LogP contribution is -2.46. The lowest BCUT2D eigenvalue weighted by Gasteiger charge is -2.52. The van der Waals surface area contributed by atoms with E-state index < -0.39 is 0 Å². The highest BCUT2D eigenvalue weighted by atomic mass is 14.7. The van der Waals surface area contributed by atoms with Crippen molar-refractivity contribution in [1.29, 1.82) is 0 Å². The minimum Gasteiger partial charge on any atom is -0.0648 e. The van der Waals surface area contributed by atoms with Crippen LogP contribution in [-0.2, 0) is 0 Å². The van der Waals surface area contributed by atoms with Gasteiger partial charge in [-0.15, -0.1) is 0 Å². The van der Waals surface area contributed by atoms with E-state index in [1.165, 1.54) is 6.42 Å². The van der Waals surface area contributed by atoms with Crippen LogP contribution in [0.5, 0.6) is 0 Å². The molecule has 0 aromatic carbocycles. The van der Waals surface area contributed by atoms with Crippen molar-refractivity contribution in [3.05, 3.63) is 0 Å². The minimum atomic E-state index is 0.709. The summed E-state index contributed by atoms with van der Waals surface area (Å²) in [6.07, 6.45) is 14.2. The second kappa shape index (κ2) is 4.09. The molecule has 0 aromatic rings. The second-order valence-electron chi connectivity index (χ2n) is 9.99. The van der Waals surface area contributed by atoms with Crippen LogP contribution in [0, 0.1) is 52.3 Å². The second-order valence-corrected chi connectivity index (χ2v) is 9.99. The van der Waals surface area contributed by atoms with E-state index in [-0.39, 0.29) is 0 Å². The molecule has 8 bridgehead atoms. The Morgan fingerprint density at radius 3 is 2.57 bits per heavy atom. The van der Waals surface area contributed by atoms with Gasteiger partial charge < -0.3 is 0 Å². The fourth-order valence-corrected chi connectivity index (χ4v) is 9.35. The van der Waals surface area contributed by atoms with Crippen molar-refractivity contribution in [2.24, 2.45) is 52.3 Å². The van der Waals surface area contributed by atoms with Gasteiger partial charge in [-0.25, -0.2) is 0 Å². The van der Waals surface area contributed by atoms with E-state index in [4.69, 9.17) is 0 Å². The molecule has 6 aliphatic carbocycles. The average Bonchev–Trinajstić information content (AvgIpc) is 2.90. The molecule has 0 aliphatic heterocycles. The predicted molar refractivity (Wildman–Crippen MR) is 87.9 cm³/mol. The van der Waals surface area contributed by atoms with Crippen molar-refractivity contribution in [3.63, 3.8) is 0 Å². The van der Waals surface area contributed by atoms with Gasteiger partial charge in [-0.05, 0) is 90.8 Å². The first-order chi connectivity index (χ1) is 10.1. The summed E-state index contributed by atoms with van der Waals surface area (Å²) < 4.78 is 0. The van der Waals surface area contributed by atoms with E-state index in [1.54, 1.807) is 51.4 Å². The van der Waals surface area contributed by atoms with Crippen LogP contribution in [0.25, 0.3) is 0 Å². The molecular formula is C21H34. The minimum absolute atomic E-state index is 0.709. The molecule has 0 nitrogen and oxygen atoms in total. The zero-order valence-corrected chi connectivity index (χ0v) is 14.4. The molecule has 6 saturated carbocycles. The zero-order chi connectivity index (χ0) is 14.4. The van der Waals surface area contributed by atoms with Gasteiger partial charge in [-0.1, -0.05) is 40.0 Å². The molecule has 118 valence electrons. The number of rotatable bonds is 1. The summed E-state index contributed by atoms with van der Waals surface area (Å²) in [6, 6.07) is 0. The lowest BCUT2D eigenvalue weighted by atomic mass is 9.52. The fraction of sp³-hybridized carbons (Fsp3) is 1.00. The summed E-state index contributed by atoms with van der Waals surface area (Å²) in [5.41, 5.74) is 1.49. The predicted octanol–water partition coefficient (Wildman–Crippen LogP) is 5.91. The van der Waals surface area contributed by atoms with Crippen molar-refractivity contribution >= 4 is 0 Å². The van der Waals surface area contributed by atoms with Gasteiger partial charge in [-0.3, -0.25) is 0 Å². The highest BCUT2D eigenvalue weighted by Crippen LogP contribution is 2.77. The van der Waals surface area contributed by atoms with Gasteiger partial charge >= 0.3 is 0 Å². The number of fused-ring (bicyclic) bond motifs is 3. The molecular weight excluding hydrogens is 252 g/mol. The maximum Gasteiger partial charge on any atom is -0.0235 e. The maximum atomic E-state index is 2.76. The van der Waals surface area contributed by atoms with Crippen LogP contribution < -0.4 is 0 Å². The van der Waals surface area contributed by atoms with Crippen LogP contribution in [-0.4, -0.2) is 0 Å². The molecule has 6 fully saturated rings. The Morgan fingerprint density at radius 1 is 0.952 bits per heavy atom. The lowest BCUT2D eigenvalue weighted by molar-refractivity contribution is -0.0407. The molecule has 6 aliphatic rings. The van der Waals surface area contributed by atoms with Crippen molar-refractivity contribution in [1.82, 2.24) is 0 Å². The molecule has 0 aromatic heterocycles. The third kappa shape index (κ3) is 1.36. The summed E-state index contributed by atoms with van der Waals surface area (Å²) in [5, 5.41) is 0. The highest BCUT2D eigenvalue weighted by Gasteiger charge is 2.70. The van der Waals surface area contributed by atoms with Crippen molar-refractivity contribution in [2.75, 3.05) is 0 Å². The first-order valence-corrected chi connectivity index (χ1v) is 10.1. The molecule has 9 atom stereocenters. The van der Waals surface area contributed by atoms with E-state index in [2.05, 4.69) is 20.8 Å². The molecule has 0 heterocycles.